The first-order valence-electron chi connectivity index (χ1n) is 7.43. The molecule has 1 heterocycles. The van der Waals surface area contributed by atoms with Crippen LogP contribution in [0.2, 0.25) is 0 Å². The third-order valence-corrected chi connectivity index (χ3v) is 3.65. The number of methoxy groups -OCH3 is 2. The molecule has 7 heteroatoms. The summed E-state index contributed by atoms with van der Waals surface area (Å²) in [6, 6.07) is 13.4. The Hall–Kier alpha value is -3.22. The van der Waals surface area contributed by atoms with E-state index in [4.69, 9.17) is 15.2 Å². The van der Waals surface area contributed by atoms with Gasteiger partial charge in [-0.15, -0.1) is 0 Å². The van der Waals surface area contributed by atoms with Crippen LogP contribution in [-0.4, -0.2) is 30.4 Å². The molecule has 0 spiro atoms. The number of aromatic nitrogens is 2. The molecule has 24 heavy (non-hydrogen) atoms. The Morgan fingerprint density at radius 2 is 1.83 bits per heavy atom. The van der Waals surface area contributed by atoms with Gasteiger partial charge < -0.3 is 20.5 Å². The van der Waals surface area contributed by atoms with Crippen molar-refractivity contribution in [1.29, 1.82) is 0 Å². The van der Waals surface area contributed by atoms with E-state index >= 15 is 0 Å². The fraction of sp³-hybridized carbons (Fsp3) is 0.176. The summed E-state index contributed by atoms with van der Waals surface area (Å²) in [5.74, 6) is 2.31. The maximum atomic E-state index is 5.99. The Kier molecular flexibility index (Phi) is 4.51. The van der Waals surface area contributed by atoms with Crippen molar-refractivity contribution in [3.8, 4) is 11.5 Å². The van der Waals surface area contributed by atoms with Crippen LogP contribution in [0.3, 0.4) is 0 Å². The molecule has 4 N–H and O–H groups in total. The second kappa shape index (κ2) is 6.91. The number of nitrogens with zero attached hydrogens (tertiary/aromatic N) is 2. The number of para-hydroxylation sites is 1. The number of H-pyrrole nitrogens is 1. The fourth-order valence-electron chi connectivity index (χ4n) is 2.47. The zero-order chi connectivity index (χ0) is 16.9. The number of anilines is 1. The summed E-state index contributed by atoms with van der Waals surface area (Å²) < 4.78 is 10.7. The van der Waals surface area contributed by atoms with Gasteiger partial charge in [0.2, 0.25) is 0 Å². The standard InChI is InChI=1S/C17H19N5O2/c1-23-14-8-5-9-15(24-2)12(14)10-19-17(18)20-16-11-6-3-4-7-13(11)21-22-16/h3-9H,10H2,1-2H3,(H4,18,19,20,21,22). The largest absolute Gasteiger partial charge is 0.496 e. The molecule has 1 aromatic heterocycles. The molecule has 0 aliphatic heterocycles. The van der Waals surface area contributed by atoms with Gasteiger partial charge in [0.1, 0.15) is 11.5 Å². The van der Waals surface area contributed by atoms with Gasteiger partial charge in [0.05, 0.1) is 31.8 Å². The minimum absolute atomic E-state index is 0.264. The van der Waals surface area contributed by atoms with Crippen LogP contribution in [0, 0.1) is 0 Å². The summed E-state index contributed by atoms with van der Waals surface area (Å²) in [6.07, 6.45) is 0. The van der Waals surface area contributed by atoms with Gasteiger partial charge >= 0.3 is 0 Å². The van der Waals surface area contributed by atoms with Gasteiger partial charge in [-0.2, -0.15) is 5.10 Å². The Morgan fingerprint density at radius 3 is 2.54 bits per heavy atom. The van der Waals surface area contributed by atoms with E-state index in [0.29, 0.717) is 23.9 Å². The summed E-state index contributed by atoms with van der Waals surface area (Å²) in [5, 5.41) is 11.1. The van der Waals surface area contributed by atoms with E-state index in [1.54, 1.807) is 14.2 Å². The molecule has 0 aliphatic rings. The van der Waals surface area contributed by atoms with Crippen LogP contribution in [0.4, 0.5) is 5.82 Å². The molecule has 0 saturated heterocycles. The van der Waals surface area contributed by atoms with Crippen LogP contribution >= 0.6 is 0 Å². The van der Waals surface area contributed by atoms with Crippen molar-refractivity contribution in [2.24, 2.45) is 10.7 Å². The number of ether oxygens (including phenoxy) is 2. The predicted octanol–water partition coefficient (Wildman–Crippen LogP) is 2.51. The predicted molar refractivity (Wildman–Crippen MR) is 94.6 cm³/mol. The Bertz CT molecular complexity index is 850. The van der Waals surface area contributed by atoms with Crippen LogP contribution in [0.25, 0.3) is 10.9 Å². The van der Waals surface area contributed by atoms with Gasteiger partial charge in [-0.25, -0.2) is 4.99 Å². The third kappa shape index (κ3) is 3.10. The van der Waals surface area contributed by atoms with Crippen molar-refractivity contribution in [1.82, 2.24) is 10.2 Å². The quantitative estimate of drug-likeness (QED) is 0.494. The molecule has 0 amide bonds. The Morgan fingerprint density at radius 1 is 1.12 bits per heavy atom. The normalized spacial score (nSPS) is 11.5. The topological polar surface area (TPSA) is 97.6 Å². The molecule has 0 radical (unpaired) electrons. The lowest BCUT2D eigenvalue weighted by atomic mass is 10.2. The second-order valence-corrected chi connectivity index (χ2v) is 5.09. The smallest absolute Gasteiger partial charge is 0.194 e. The number of nitrogens with two attached hydrogens (primary N) is 1. The Labute approximate surface area is 139 Å². The average molecular weight is 325 g/mol. The molecule has 0 saturated carbocycles. The van der Waals surface area contributed by atoms with Gasteiger partial charge in [-0.3, -0.25) is 5.10 Å². The van der Waals surface area contributed by atoms with Crippen LogP contribution in [0.1, 0.15) is 5.56 Å². The highest BCUT2D eigenvalue weighted by atomic mass is 16.5. The maximum Gasteiger partial charge on any atom is 0.194 e. The van der Waals surface area contributed by atoms with Crippen LogP contribution in [0.5, 0.6) is 11.5 Å². The molecule has 0 fully saturated rings. The summed E-state index contributed by atoms with van der Waals surface area (Å²) in [4.78, 5) is 4.36. The lowest BCUT2D eigenvalue weighted by molar-refractivity contribution is 0.385. The van der Waals surface area contributed by atoms with E-state index < -0.39 is 0 Å². The summed E-state index contributed by atoms with van der Waals surface area (Å²) in [6.45, 7) is 0.328. The molecule has 3 rings (SSSR count). The highest BCUT2D eigenvalue weighted by molar-refractivity contribution is 6.00. The number of hydrogen-bond acceptors (Lipinski definition) is 4. The molecular formula is C17H19N5O2. The van der Waals surface area contributed by atoms with Crippen LogP contribution < -0.4 is 20.5 Å². The fourth-order valence-corrected chi connectivity index (χ4v) is 2.47. The monoisotopic (exact) mass is 325 g/mol. The molecule has 124 valence electrons. The molecule has 0 bridgehead atoms. The molecule has 0 aliphatic carbocycles. The van der Waals surface area contributed by atoms with E-state index in [2.05, 4.69) is 20.5 Å². The average Bonchev–Trinajstić information content (AvgIpc) is 3.02. The molecule has 3 aromatic rings. The van der Waals surface area contributed by atoms with Gasteiger partial charge in [-0.1, -0.05) is 18.2 Å². The maximum absolute atomic E-state index is 5.99. The molecular weight excluding hydrogens is 306 g/mol. The van der Waals surface area contributed by atoms with E-state index in [0.717, 1.165) is 16.5 Å². The second-order valence-electron chi connectivity index (χ2n) is 5.09. The SMILES string of the molecule is COc1cccc(OC)c1CN=C(N)Nc1n[nH]c2ccccc12. The number of benzene rings is 2. The van der Waals surface area contributed by atoms with Crippen LogP contribution in [0.15, 0.2) is 47.5 Å². The zero-order valence-electron chi connectivity index (χ0n) is 13.5. The van der Waals surface area contributed by atoms with E-state index in [1.807, 2.05) is 42.5 Å². The summed E-state index contributed by atoms with van der Waals surface area (Å²) in [7, 11) is 3.22. The lowest BCUT2D eigenvalue weighted by Gasteiger charge is -2.11. The van der Waals surface area contributed by atoms with Crippen molar-refractivity contribution >= 4 is 22.7 Å². The molecule has 0 unspecified atom stereocenters. The van der Waals surface area contributed by atoms with Crippen molar-refractivity contribution < 1.29 is 9.47 Å². The lowest BCUT2D eigenvalue weighted by Crippen LogP contribution is -2.23. The van der Waals surface area contributed by atoms with Gasteiger partial charge in [0.15, 0.2) is 11.8 Å². The molecule has 0 atom stereocenters. The highest BCUT2D eigenvalue weighted by Gasteiger charge is 2.10. The number of rotatable bonds is 5. The van der Waals surface area contributed by atoms with Crippen molar-refractivity contribution in [2.45, 2.75) is 6.54 Å². The first kappa shape index (κ1) is 15.7. The minimum atomic E-state index is 0.264. The number of hydrogen-bond donors (Lipinski definition) is 3. The highest BCUT2D eigenvalue weighted by Crippen LogP contribution is 2.28. The zero-order valence-corrected chi connectivity index (χ0v) is 13.5. The van der Waals surface area contributed by atoms with E-state index in [1.165, 1.54) is 0 Å². The summed E-state index contributed by atoms with van der Waals surface area (Å²) in [5.41, 5.74) is 7.75. The molecule has 2 aromatic carbocycles. The number of nitrogens with one attached hydrogen (secondary N) is 2. The van der Waals surface area contributed by atoms with Gasteiger partial charge in [-0.05, 0) is 24.3 Å². The van der Waals surface area contributed by atoms with Crippen molar-refractivity contribution in [3.05, 3.63) is 48.0 Å². The number of aliphatic imine (C=N–C) groups is 1. The van der Waals surface area contributed by atoms with Crippen molar-refractivity contribution in [3.63, 3.8) is 0 Å². The number of fused-ring (bicyclic) bond motifs is 1. The van der Waals surface area contributed by atoms with Gasteiger partial charge in [0.25, 0.3) is 0 Å². The summed E-state index contributed by atoms with van der Waals surface area (Å²) >= 11 is 0. The minimum Gasteiger partial charge on any atom is -0.496 e. The molecule has 7 nitrogen and oxygen atoms in total. The van der Waals surface area contributed by atoms with E-state index in [-0.39, 0.29) is 5.96 Å². The van der Waals surface area contributed by atoms with Gasteiger partial charge in [0, 0.05) is 5.39 Å². The number of guanidine groups is 1. The van der Waals surface area contributed by atoms with Crippen molar-refractivity contribution in [2.75, 3.05) is 19.5 Å². The van der Waals surface area contributed by atoms with E-state index in [9.17, 15) is 0 Å². The Balaban J connectivity index is 1.80. The number of aromatic amines is 1. The first-order valence-corrected chi connectivity index (χ1v) is 7.43. The third-order valence-electron chi connectivity index (χ3n) is 3.65. The van der Waals surface area contributed by atoms with Crippen LogP contribution in [-0.2, 0) is 6.54 Å². The first-order chi connectivity index (χ1) is 11.7.